The van der Waals surface area contributed by atoms with Crippen molar-refractivity contribution in [2.24, 2.45) is 5.92 Å². The molecule has 0 bridgehead atoms. The number of rotatable bonds is 1. The normalized spacial score (nSPS) is 14.8. The first-order chi connectivity index (χ1) is 16.9. The van der Waals surface area contributed by atoms with E-state index in [0.29, 0.717) is 16.9 Å². The first kappa shape index (κ1) is 37.8. The molecule has 0 saturated heterocycles. The zero-order valence-electron chi connectivity index (χ0n) is 22.7. The topological polar surface area (TPSA) is 0 Å². The molecule has 1 aliphatic carbocycles. The van der Waals surface area contributed by atoms with Crippen LogP contribution in [-0.2, 0) is 35.7 Å². The van der Waals surface area contributed by atoms with E-state index in [1.165, 1.54) is 22.8 Å². The SMILES string of the molecule is CC1=[C-]C(C)C(C)=C1C.C[Si](C)=[Zr+2].Cc1cc2c(-c3cc(C(F)(F)F)cc(C(F)(F)F)c3)cccc2[cH-]1.[Cl-].[Cl-]. The van der Waals surface area contributed by atoms with Crippen molar-refractivity contribution in [2.45, 2.75) is 60.1 Å². The molecule has 0 N–H and O–H groups in total. The molecule has 0 spiro atoms. The van der Waals surface area contributed by atoms with E-state index in [1.54, 1.807) is 41.5 Å². The van der Waals surface area contributed by atoms with E-state index in [2.05, 4.69) is 46.9 Å². The molecule has 0 saturated carbocycles. The van der Waals surface area contributed by atoms with Gasteiger partial charge in [0, 0.05) is 0 Å². The molecule has 0 aliphatic heterocycles. The van der Waals surface area contributed by atoms with E-state index in [-0.39, 0.29) is 41.9 Å². The minimum absolute atomic E-state index is 0. The van der Waals surface area contributed by atoms with Crippen molar-refractivity contribution in [1.82, 2.24) is 0 Å². The van der Waals surface area contributed by atoms with E-state index in [9.17, 15) is 26.3 Å². The van der Waals surface area contributed by atoms with Gasteiger partial charge in [-0.25, -0.2) is 5.57 Å². The summed E-state index contributed by atoms with van der Waals surface area (Å²) >= 11 is 1.74. The van der Waals surface area contributed by atoms with Crippen LogP contribution in [0, 0.1) is 18.9 Å². The molecule has 212 valence electrons. The van der Waals surface area contributed by atoms with E-state index in [1.807, 2.05) is 13.0 Å². The Morgan fingerprint density at radius 2 is 1.33 bits per heavy atom. The maximum Gasteiger partial charge on any atom is 0.416 e. The summed E-state index contributed by atoms with van der Waals surface area (Å²) in [5.74, 6) is 0.560. The van der Waals surface area contributed by atoms with Gasteiger partial charge in [0.25, 0.3) is 0 Å². The summed E-state index contributed by atoms with van der Waals surface area (Å²) in [6.07, 6.45) is -6.35. The number of halogens is 8. The van der Waals surface area contributed by atoms with E-state index < -0.39 is 23.5 Å². The molecule has 3 aromatic carbocycles. The van der Waals surface area contributed by atoms with Gasteiger partial charge in [-0.1, -0.05) is 45.2 Å². The van der Waals surface area contributed by atoms with Crippen LogP contribution >= 0.6 is 0 Å². The molecule has 10 heteroatoms. The fraction of sp³-hybridized carbons (Fsp3) is 0.345. The Bertz CT molecular complexity index is 1310. The number of allylic oxidation sites excluding steroid dienone is 4. The third-order valence-corrected chi connectivity index (χ3v) is 6.03. The fourth-order valence-corrected chi connectivity index (χ4v) is 3.91. The van der Waals surface area contributed by atoms with Crippen LogP contribution in [-0.4, -0.2) is 5.43 Å². The van der Waals surface area contributed by atoms with Crippen LogP contribution in [0.4, 0.5) is 26.3 Å². The predicted octanol–water partition coefficient (Wildman–Crippen LogP) is 4.09. The van der Waals surface area contributed by atoms with Gasteiger partial charge in [-0.2, -0.15) is 43.6 Å². The molecule has 39 heavy (non-hydrogen) atoms. The van der Waals surface area contributed by atoms with Gasteiger partial charge in [-0.3, -0.25) is 6.08 Å². The van der Waals surface area contributed by atoms with Crippen LogP contribution < -0.4 is 24.8 Å². The van der Waals surface area contributed by atoms with E-state index >= 15 is 0 Å². The summed E-state index contributed by atoms with van der Waals surface area (Å²) < 4.78 is 78.0. The fourth-order valence-electron chi connectivity index (χ4n) is 3.91. The predicted molar refractivity (Wildman–Crippen MR) is 137 cm³/mol. The Hall–Kier alpha value is -1.21. The summed E-state index contributed by atoms with van der Waals surface area (Å²) in [7, 11) is 0. The van der Waals surface area contributed by atoms with E-state index in [4.69, 9.17) is 0 Å². The number of alkyl halides is 6. The van der Waals surface area contributed by atoms with E-state index in [0.717, 1.165) is 23.1 Å². The van der Waals surface area contributed by atoms with Gasteiger partial charge >= 0.3 is 54.2 Å². The number of benzene rings is 2. The Morgan fingerprint density at radius 1 is 0.846 bits per heavy atom. The van der Waals surface area contributed by atoms with Crippen molar-refractivity contribution in [3.63, 3.8) is 0 Å². The second-order valence-electron chi connectivity index (χ2n) is 9.43. The molecule has 3 aromatic rings. The quantitative estimate of drug-likeness (QED) is 0.206. The van der Waals surface area contributed by atoms with Crippen molar-refractivity contribution in [2.75, 3.05) is 0 Å². The molecule has 4 rings (SSSR count). The molecule has 0 radical (unpaired) electrons. The Morgan fingerprint density at radius 3 is 1.69 bits per heavy atom. The molecule has 1 atom stereocenters. The Balaban J connectivity index is 0.000000805. The van der Waals surface area contributed by atoms with Gasteiger partial charge in [0.05, 0.1) is 11.1 Å². The number of hydrogen-bond donors (Lipinski definition) is 0. The zero-order valence-corrected chi connectivity index (χ0v) is 27.7. The van der Waals surface area contributed by atoms with Gasteiger partial charge < -0.3 is 24.8 Å². The van der Waals surface area contributed by atoms with Gasteiger partial charge in [-0.05, 0) is 23.8 Å². The monoisotopic (exact) mass is 680 g/mol. The largest absolute Gasteiger partial charge is 1.00 e. The van der Waals surface area contributed by atoms with Gasteiger partial charge in [0.1, 0.15) is 0 Å². The Kier molecular flexibility index (Phi) is 14.7. The summed E-state index contributed by atoms with van der Waals surface area (Å²) in [5, 5.41) is 1.40. The second-order valence-corrected chi connectivity index (χ2v) is 18.8. The maximum absolute atomic E-state index is 13.0. The molecule has 0 nitrogen and oxygen atoms in total. The minimum atomic E-state index is -4.86. The summed E-state index contributed by atoms with van der Waals surface area (Å²) in [4.78, 5) is 0. The summed E-state index contributed by atoms with van der Waals surface area (Å²) in [6, 6.07) is 10.1. The van der Waals surface area contributed by atoms with Crippen LogP contribution in [0.3, 0.4) is 0 Å². The molecular weight excluding hydrogens is 653 g/mol. The smallest absolute Gasteiger partial charge is 0.416 e. The van der Waals surface area contributed by atoms with Gasteiger partial charge in [0.2, 0.25) is 0 Å². The standard InChI is InChI=1S/C18H11F6.C9H13.C2H6Si.2ClH.Zr/c1-10-5-11-3-2-4-15(16(11)6-10)12-7-13(17(19,20)21)9-14(8-12)18(22,23)24;1-6-5-7(2)9(4)8(6)3;1-3-2;;;/h2-9H,1H3;6H,1-4H3;1-2H3;2*1H;/q2*-1;;;;+2/p-2. The molecule has 1 aliphatic rings. The molecule has 0 amide bonds. The third kappa shape index (κ3) is 10.6. The average molecular weight is 683 g/mol. The van der Waals surface area contributed by atoms with Crippen LogP contribution in [0.5, 0.6) is 0 Å². The summed E-state index contributed by atoms with van der Waals surface area (Å²) in [6.45, 7) is 15.1. The Labute approximate surface area is 254 Å². The number of hydrogen-bond acceptors (Lipinski definition) is 0. The van der Waals surface area contributed by atoms with Crippen molar-refractivity contribution in [1.29, 1.82) is 0 Å². The van der Waals surface area contributed by atoms with Crippen molar-refractivity contribution >= 4 is 16.2 Å². The second kappa shape index (κ2) is 15.1. The zero-order chi connectivity index (χ0) is 28.3. The summed E-state index contributed by atoms with van der Waals surface area (Å²) in [5.41, 5.74) is 2.96. The maximum atomic E-state index is 13.0. The molecule has 0 aromatic heterocycles. The molecule has 0 fully saturated rings. The van der Waals surface area contributed by atoms with Crippen LogP contribution in [0.25, 0.3) is 21.9 Å². The molecule has 0 heterocycles. The van der Waals surface area contributed by atoms with Gasteiger partial charge in [-0.15, -0.1) is 41.5 Å². The van der Waals surface area contributed by atoms with Gasteiger partial charge in [0.15, 0.2) is 0 Å². The average Bonchev–Trinajstić information content (AvgIpc) is 3.25. The molecular formula is C29H30Cl2F6SiZr-2. The minimum Gasteiger partial charge on any atom is -1.00 e. The van der Waals surface area contributed by atoms with Crippen molar-refractivity contribution < 1.29 is 74.5 Å². The number of fused-ring (bicyclic) bond motifs is 1. The van der Waals surface area contributed by atoms with Crippen LogP contribution in [0.15, 0.2) is 65.3 Å². The van der Waals surface area contributed by atoms with Crippen LogP contribution in [0.1, 0.15) is 44.4 Å². The number of aryl methyl sites for hydroxylation is 1. The third-order valence-electron chi connectivity index (χ3n) is 6.03. The first-order valence-corrected chi connectivity index (χ1v) is 17.9. The van der Waals surface area contributed by atoms with Crippen molar-refractivity contribution in [3.8, 4) is 11.1 Å². The first-order valence-electron chi connectivity index (χ1n) is 11.7. The molecule has 1 unspecified atom stereocenters. The van der Waals surface area contributed by atoms with Crippen molar-refractivity contribution in [3.05, 3.63) is 88.0 Å². The van der Waals surface area contributed by atoms with Crippen LogP contribution in [0.2, 0.25) is 13.1 Å².